The van der Waals surface area contributed by atoms with Crippen LogP contribution in [-0.2, 0) is 4.74 Å². The topological polar surface area (TPSA) is 113 Å². The highest BCUT2D eigenvalue weighted by Gasteiger charge is 2.24. The van der Waals surface area contributed by atoms with Crippen molar-refractivity contribution in [3.63, 3.8) is 0 Å². The molecule has 0 unspecified atom stereocenters. The van der Waals surface area contributed by atoms with Crippen LogP contribution in [0.2, 0.25) is 0 Å². The van der Waals surface area contributed by atoms with Gasteiger partial charge in [-0.2, -0.15) is 0 Å². The number of pyridine rings is 2. The van der Waals surface area contributed by atoms with Crippen molar-refractivity contribution >= 4 is 22.5 Å². The Kier molecular flexibility index (Phi) is 8.70. The van der Waals surface area contributed by atoms with Gasteiger partial charge in [0.2, 0.25) is 0 Å². The van der Waals surface area contributed by atoms with Gasteiger partial charge in [0, 0.05) is 47.9 Å². The second-order valence-corrected chi connectivity index (χ2v) is 9.11. The number of carbonyl (C=O) groups is 1. The van der Waals surface area contributed by atoms with E-state index in [9.17, 15) is 4.79 Å². The second-order valence-electron chi connectivity index (χ2n) is 9.11. The standard InChI is InChI=1S/C29H28F2N4O6/c1-32-6-3-9-39-27-13-23-19(12-26(27)37-2)24(5-8-34-23)41-28-21(30)10-17(11-22(28)31)35-29(36)20-14-33-7-4-25(20)40-18-15-38-16-18/h4-5,7-8,10-14,18,32H,3,6,9,15-16H2,1-2H3,(H,35,36). The number of fused-ring (bicyclic) bond motifs is 1. The zero-order valence-electron chi connectivity index (χ0n) is 22.4. The molecule has 214 valence electrons. The number of ether oxygens (including phenoxy) is 5. The molecule has 1 saturated heterocycles. The average Bonchev–Trinajstić information content (AvgIpc) is 2.94. The van der Waals surface area contributed by atoms with E-state index in [0.717, 1.165) is 25.1 Å². The predicted octanol–water partition coefficient (Wildman–Crippen LogP) is 4.73. The Bertz CT molecular complexity index is 1530. The average molecular weight is 567 g/mol. The lowest BCUT2D eigenvalue weighted by Crippen LogP contribution is -2.39. The molecule has 0 aliphatic carbocycles. The number of nitrogens with one attached hydrogen (secondary N) is 2. The van der Waals surface area contributed by atoms with Gasteiger partial charge in [0.1, 0.15) is 17.6 Å². The van der Waals surface area contributed by atoms with Gasteiger partial charge in [0.15, 0.2) is 28.9 Å². The number of anilines is 1. The number of hydrogen-bond acceptors (Lipinski definition) is 9. The summed E-state index contributed by atoms with van der Waals surface area (Å²) in [4.78, 5) is 21.2. The van der Waals surface area contributed by atoms with Crippen LogP contribution in [0, 0.1) is 11.6 Å². The van der Waals surface area contributed by atoms with E-state index < -0.39 is 23.3 Å². The van der Waals surface area contributed by atoms with Crippen LogP contribution in [0.3, 0.4) is 0 Å². The molecule has 2 aromatic carbocycles. The van der Waals surface area contributed by atoms with Crippen molar-refractivity contribution < 1.29 is 37.3 Å². The third-order valence-corrected chi connectivity index (χ3v) is 6.21. The molecule has 0 atom stereocenters. The highest BCUT2D eigenvalue weighted by Crippen LogP contribution is 2.38. The normalized spacial score (nSPS) is 13.0. The molecule has 0 radical (unpaired) electrons. The number of amides is 1. The van der Waals surface area contributed by atoms with Gasteiger partial charge in [-0.1, -0.05) is 0 Å². The van der Waals surface area contributed by atoms with Crippen molar-refractivity contribution in [2.75, 3.05) is 45.8 Å². The highest BCUT2D eigenvalue weighted by molar-refractivity contribution is 6.06. The quantitative estimate of drug-likeness (QED) is 0.235. The van der Waals surface area contributed by atoms with E-state index in [2.05, 4.69) is 20.6 Å². The molecule has 1 fully saturated rings. The molecule has 0 saturated carbocycles. The summed E-state index contributed by atoms with van der Waals surface area (Å²) >= 11 is 0. The fraction of sp³-hybridized carbons (Fsp3) is 0.276. The van der Waals surface area contributed by atoms with E-state index in [1.165, 1.54) is 31.8 Å². The molecule has 10 nitrogen and oxygen atoms in total. The number of hydrogen-bond donors (Lipinski definition) is 2. The Hall–Kier alpha value is -4.55. The second kappa shape index (κ2) is 12.7. The molecule has 4 aromatic rings. The molecular formula is C29H28F2N4O6. The van der Waals surface area contributed by atoms with Crippen LogP contribution in [-0.4, -0.2) is 62.5 Å². The van der Waals surface area contributed by atoms with E-state index in [4.69, 9.17) is 23.7 Å². The SMILES string of the molecule is CNCCCOc1cc2nccc(Oc3c(F)cc(NC(=O)c4cnccc4OC4COC4)cc3F)c2cc1OC. The molecule has 1 aliphatic rings. The smallest absolute Gasteiger partial charge is 0.261 e. The Morgan fingerprint density at radius 2 is 1.83 bits per heavy atom. The number of benzene rings is 2. The summed E-state index contributed by atoms with van der Waals surface area (Å²) in [6, 6.07) is 8.28. The molecule has 12 heteroatoms. The van der Waals surface area contributed by atoms with Crippen molar-refractivity contribution in [3.8, 4) is 28.7 Å². The van der Waals surface area contributed by atoms with Gasteiger partial charge in [-0.05, 0) is 38.2 Å². The van der Waals surface area contributed by atoms with Crippen LogP contribution < -0.4 is 29.6 Å². The number of carbonyl (C=O) groups excluding carboxylic acids is 1. The third kappa shape index (κ3) is 6.44. The van der Waals surface area contributed by atoms with E-state index in [1.807, 2.05) is 7.05 Å². The molecule has 1 aliphatic heterocycles. The molecular weight excluding hydrogens is 538 g/mol. The number of rotatable bonds is 12. The Morgan fingerprint density at radius 3 is 2.54 bits per heavy atom. The van der Waals surface area contributed by atoms with Gasteiger partial charge in [0.05, 0.1) is 38.0 Å². The minimum absolute atomic E-state index is 0.111. The Morgan fingerprint density at radius 1 is 1.05 bits per heavy atom. The number of aromatic nitrogens is 2. The maximum atomic E-state index is 15.1. The van der Waals surface area contributed by atoms with Crippen LogP contribution in [0.15, 0.2) is 55.0 Å². The van der Waals surface area contributed by atoms with Crippen molar-refractivity contribution in [3.05, 3.63) is 72.2 Å². The van der Waals surface area contributed by atoms with Crippen molar-refractivity contribution in [2.24, 2.45) is 0 Å². The van der Waals surface area contributed by atoms with Crippen molar-refractivity contribution in [1.29, 1.82) is 0 Å². The number of halogens is 2. The van der Waals surface area contributed by atoms with Gasteiger partial charge in [-0.3, -0.25) is 14.8 Å². The third-order valence-electron chi connectivity index (χ3n) is 6.21. The summed E-state index contributed by atoms with van der Waals surface area (Å²) in [6.45, 7) is 2.07. The van der Waals surface area contributed by atoms with Gasteiger partial charge >= 0.3 is 0 Å². The summed E-state index contributed by atoms with van der Waals surface area (Å²) in [5.41, 5.74) is 0.489. The maximum Gasteiger partial charge on any atom is 0.261 e. The van der Waals surface area contributed by atoms with Gasteiger partial charge in [0.25, 0.3) is 5.91 Å². The molecule has 0 spiro atoms. The number of nitrogens with zero attached hydrogens (tertiary/aromatic N) is 2. The summed E-state index contributed by atoms with van der Waals surface area (Å²) in [5, 5.41) is 6.00. The Labute approximate surface area is 234 Å². The molecule has 0 bridgehead atoms. The van der Waals surface area contributed by atoms with E-state index in [-0.39, 0.29) is 23.1 Å². The van der Waals surface area contributed by atoms with E-state index >= 15 is 8.78 Å². The monoisotopic (exact) mass is 566 g/mol. The fourth-order valence-corrected chi connectivity index (χ4v) is 4.08. The Balaban J connectivity index is 1.35. The highest BCUT2D eigenvalue weighted by atomic mass is 19.1. The number of methoxy groups -OCH3 is 1. The largest absolute Gasteiger partial charge is 0.493 e. The molecule has 41 heavy (non-hydrogen) atoms. The molecule has 1 amide bonds. The van der Waals surface area contributed by atoms with Gasteiger partial charge in [-0.25, -0.2) is 8.78 Å². The minimum Gasteiger partial charge on any atom is -0.493 e. The molecule has 2 N–H and O–H groups in total. The van der Waals surface area contributed by atoms with Crippen LogP contribution in [0.1, 0.15) is 16.8 Å². The van der Waals surface area contributed by atoms with Crippen LogP contribution >= 0.6 is 0 Å². The summed E-state index contributed by atoms with van der Waals surface area (Å²) < 4.78 is 58.1. The summed E-state index contributed by atoms with van der Waals surface area (Å²) in [7, 11) is 3.35. The van der Waals surface area contributed by atoms with Crippen molar-refractivity contribution in [1.82, 2.24) is 15.3 Å². The van der Waals surface area contributed by atoms with E-state index in [1.54, 1.807) is 18.2 Å². The van der Waals surface area contributed by atoms with Crippen LogP contribution in [0.25, 0.3) is 10.9 Å². The van der Waals surface area contributed by atoms with E-state index in [0.29, 0.717) is 48.0 Å². The summed E-state index contributed by atoms with van der Waals surface area (Å²) in [6.07, 6.45) is 4.87. The first-order valence-corrected chi connectivity index (χ1v) is 12.9. The lowest BCUT2D eigenvalue weighted by Gasteiger charge is -2.27. The minimum atomic E-state index is -1.02. The first kappa shape index (κ1) is 28.0. The molecule has 5 rings (SSSR count). The maximum absolute atomic E-state index is 15.1. The first-order chi connectivity index (χ1) is 20.0. The lowest BCUT2D eigenvalue weighted by molar-refractivity contribution is -0.0798. The molecule has 2 aromatic heterocycles. The summed E-state index contributed by atoms with van der Waals surface area (Å²) in [5.74, 6) is -1.97. The van der Waals surface area contributed by atoms with Gasteiger partial charge in [-0.15, -0.1) is 0 Å². The molecule has 3 heterocycles. The van der Waals surface area contributed by atoms with Crippen molar-refractivity contribution in [2.45, 2.75) is 12.5 Å². The first-order valence-electron chi connectivity index (χ1n) is 12.9. The zero-order valence-corrected chi connectivity index (χ0v) is 22.4. The zero-order chi connectivity index (χ0) is 28.8. The van der Waals surface area contributed by atoms with Crippen LogP contribution in [0.5, 0.6) is 28.7 Å². The lowest BCUT2D eigenvalue weighted by atomic mass is 10.1. The fourth-order valence-electron chi connectivity index (χ4n) is 4.08. The van der Waals surface area contributed by atoms with Gasteiger partial charge < -0.3 is 34.3 Å². The predicted molar refractivity (Wildman–Crippen MR) is 146 cm³/mol. The van der Waals surface area contributed by atoms with Crippen LogP contribution in [0.4, 0.5) is 14.5 Å².